The van der Waals surface area contributed by atoms with Crippen LogP contribution in [0.2, 0.25) is 0 Å². The van der Waals surface area contributed by atoms with Crippen LogP contribution in [0.25, 0.3) is 0 Å². The Balaban J connectivity index is 1.85. The summed E-state index contributed by atoms with van der Waals surface area (Å²) in [4.78, 5) is 16.2. The zero-order valence-electron chi connectivity index (χ0n) is 15.8. The third-order valence-corrected chi connectivity index (χ3v) is 3.86. The first-order valence-corrected chi connectivity index (χ1v) is 8.72. The molecule has 0 fully saturated rings. The molecular weight excluding hydrogens is 330 g/mol. The van der Waals surface area contributed by atoms with E-state index < -0.39 is 0 Å². The second-order valence-corrected chi connectivity index (χ2v) is 6.40. The van der Waals surface area contributed by atoms with Gasteiger partial charge < -0.3 is 20.1 Å². The topological polar surface area (TPSA) is 72.5 Å². The van der Waals surface area contributed by atoms with Gasteiger partial charge in [-0.25, -0.2) is 4.98 Å². The number of methoxy groups -OCH3 is 2. The van der Waals surface area contributed by atoms with Crippen LogP contribution in [0.5, 0.6) is 11.5 Å². The van der Waals surface area contributed by atoms with Gasteiger partial charge in [0.1, 0.15) is 5.69 Å². The van der Waals surface area contributed by atoms with Crippen LogP contribution in [0.4, 0.5) is 5.69 Å². The number of nitrogens with one attached hydrogen (secondary N) is 2. The molecule has 2 aromatic rings. The predicted octanol–water partition coefficient (Wildman–Crippen LogP) is 3.14. The first-order valence-electron chi connectivity index (χ1n) is 8.72. The first kappa shape index (κ1) is 19.6. The van der Waals surface area contributed by atoms with Crippen LogP contribution in [0.1, 0.15) is 29.9 Å². The van der Waals surface area contributed by atoms with Crippen LogP contribution >= 0.6 is 0 Å². The summed E-state index contributed by atoms with van der Waals surface area (Å²) in [6, 6.07) is 9.49. The van der Waals surface area contributed by atoms with Gasteiger partial charge in [-0.05, 0) is 42.2 Å². The number of ether oxygens (including phenoxy) is 2. The van der Waals surface area contributed by atoms with Crippen molar-refractivity contribution < 1.29 is 14.3 Å². The molecule has 0 saturated carbocycles. The third-order valence-electron chi connectivity index (χ3n) is 3.86. The lowest BCUT2D eigenvalue weighted by Gasteiger charge is -2.11. The van der Waals surface area contributed by atoms with Crippen molar-refractivity contribution in [3.05, 3.63) is 47.8 Å². The number of rotatable bonds is 9. The summed E-state index contributed by atoms with van der Waals surface area (Å²) in [6.07, 6.45) is 2.51. The van der Waals surface area contributed by atoms with Gasteiger partial charge in [-0.3, -0.25) is 4.79 Å². The number of nitrogens with zero attached hydrogens (tertiary/aromatic N) is 1. The van der Waals surface area contributed by atoms with Crippen LogP contribution in [0.15, 0.2) is 36.5 Å². The summed E-state index contributed by atoms with van der Waals surface area (Å²) in [6.45, 7) is 5.50. The minimum atomic E-state index is -0.143. The van der Waals surface area contributed by atoms with Gasteiger partial charge >= 0.3 is 0 Å². The lowest BCUT2D eigenvalue weighted by molar-refractivity contribution is 0.0944. The first-order chi connectivity index (χ1) is 12.5. The molecule has 6 heteroatoms. The van der Waals surface area contributed by atoms with E-state index in [4.69, 9.17) is 9.47 Å². The number of anilines is 1. The quantitative estimate of drug-likeness (QED) is 0.721. The van der Waals surface area contributed by atoms with Gasteiger partial charge in [0.15, 0.2) is 11.5 Å². The molecule has 2 N–H and O–H groups in total. The lowest BCUT2D eigenvalue weighted by atomic mass is 10.1. The molecule has 1 aromatic heterocycles. The maximum absolute atomic E-state index is 12.0. The van der Waals surface area contributed by atoms with E-state index >= 15 is 0 Å². The summed E-state index contributed by atoms with van der Waals surface area (Å²) in [7, 11) is 3.25. The number of carbonyl (C=O) groups is 1. The normalized spacial score (nSPS) is 10.5. The molecule has 0 aliphatic carbocycles. The summed E-state index contributed by atoms with van der Waals surface area (Å²) in [5, 5.41) is 6.17. The number of hydrogen-bond donors (Lipinski definition) is 2. The molecule has 6 nitrogen and oxygen atoms in total. The van der Waals surface area contributed by atoms with Crippen LogP contribution < -0.4 is 20.1 Å². The van der Waals surface area contributed by atoms with Crippen molar-refractivity contribution in [2.75, 3.05) is 32.6 Å². The number of aromatic nitrogens is 1. The number of carbonyl (C=O) groups excluding carboxylic acids is 1. The van der Waals surface area contributed by atoms with Crippen molar-refractivity contribution in [3.63, 3.8) is 0 Å². The van der Waals surface area contributed by atoms with Gasteiger partial charge in [0.05, 0.1) is 26.1 Å². The van der Waals surface area contributed by atoms with Gasteiger partial charge in [-0.15, -0.1) is 0 Å². The Morgan fingerprint density at radius 1 is 1.12 bits per heavy atom. The molecule has 0 aliphatic heterocycles. The van der Waals surface area contributed by atoms with E-state index in [-0.39, 0.29) is 5.91 Å². The second-order valence-electron chi connectivity index (χ2n) is 6.40. The molecule has 0 spiro atoms. The summed E-state index contributed by atoms with van der Waals surface area (Å²) >= 11 is 0. The fourth-order valence-electron chi connectivity index (χ4n) is 2.41. The molecule has 2 rings (SSSR count). The number of amides is 1. The molecule has 0 radical (unpaired) electrons. The molecular formula is C20H27N3O3. The summed E-state index contributed by atoms with van der Waals surface area (Å²) < 4.78 is 10.6. The third kappa shape index (κ3) is 5.65. The Morgan fingerprint density at radius 2 is 1.88 bits per heavy atom. The Hall–Kier alpha value is -2.76. The van der Waals surface area contributed by atoms with Crippen molar-refractivity contribution in [2.45, 2.75) is 20.3 Å². The fourth-order valence-corrected chi connectivity index (χ4v) is 2.41. The largest absolute Gasteiger partial charge is 0.493 e. The van der Waals surface area contributed by atoms with Crippen LogP contribution in [0, 0.1) is 5.92 Å². The Bertz CT molecular complexity index is 715. The zero-order valence-corrected chi connectivity index (χ0v) is 15.8. The summed E-state index contributed by atoms with van der Waals surface area (Å²) in [5.74, 6) is 1.72. The van der Waals surface area contributed by atoms with E-state index in [1.54, 1.807) is 26.5 Å². The van der Waals surface area contributed by atoms with Crippen molar-refractivity contribution in [1.29, 1.82) is 0 Å². The number of benzene rings is 1. The van der Waals surface area contributed by atoms with E-state index in [1.807, 2.05) is 24.3 Å². The highest BCUT2D eigenvalue weighted by Crippen LogP contribution is 2.27. The Labute approximate surface area is 154 Å². The molecule has 0 atom stereocenters. The highest BCUT2D eigenvalue weighted by Gasteiger charge is 2.08. The highest BCUT2D eigenvalue weighted by atomic mass is 16.5. The second kappa shape index (κ2) is 9.65. The van der Waals surface area contributed by atoms with E-state index in [0.717, 1.165) is 35.7 Å². The smallest absolute Gasteiger partial charge is 0.269 e. The summed E-state index contributed by atoms with van der Waals surface area (Å²) in [5.41, 5.74) is 2.45. The van der Waals surface area contributed by atoms with Crippen molar-refractivity contribution in [3.8, 4) is 11.5 Å². The number of pyridine rings is 1. The zero-order chi connectivity index (χ0) is 18.9. The maximum Gasteiger partial charge on any atom is 0.269 e. The van der Waals surface area contributed by atoms with Crippen LogP contribution in [-0.4, -0.2) is 38.2 Å². The predicted molar refractivity (Wildman–Crippen MR) is 103 cm³/mol. The number of hydrogen-bond acceptors (Lipinski definition) is 5. The Morgan fingerprint density at radius 3 is 2.50 bits per heavy atom. The average Bonchev–Trinajstić information content (AvgIpc) is 2.66. The monoisotopic (exact) mass is 357 g/mol. The van der Waals surface area contributed by atoms with Gasteiger partial charge in [-0.2, -0.15) is 0 Å². The van der Waals surface area contributed by atoms with Crippen molar-refractivity contribution in [1.82, 2.24) is 10.3 Å². The SMILES string of the molecule is COc1ccc(CCNc2ccc(C(=O)NCC(C)C)nc2)cc1OC. The van der Waals surface area contributed by atoms with Gasteiger partial charge in [0, 0.05) is 13.1 Å². The molecule has 26 heavy (non-hydrogen) atoms. The van der Waals surface area contributed by atoms with E-state index in [9.17, 15) is 4.79 Å². The van der Waals surface area contributed by atoms with E-state index in [1.165, 1.54) is 0 Å². The van der Waals surface area contributed by atoms with Gasteiger partial charge in [-0.1, -0.05) is 19.9 Å². The molecule has 1 amide bonds. The molecule has 1 aromatic carbocycles. The lowest BCUT2D eigenvalue weighted by Crippen LogP contribution is -2.28. The molecule has 0 unspecified atom stereocenters. The maximum atomic E-state index is 12.0. The van der Waals surface area contributed by atoms with Crippen LogP contribution in [0.3, 0.4) is 0 Å². The average molecular weight is 357 g/mol. The Kier molecular flexibility index (Phi) is 7.26. The standard InChI is InChI=1S/C20H27N3O3/c1-14(2)12-23-20(24)17-7-6-16(13-22-17)21-10-9-15-5-8-18(25-3)19(11-15)26-4/h5-8,11,13-14,21H,9-10,12H2,1-4H3,(H,23,24). The van der Waals surface area contributed by atoms with Gasteiger partial charge in [0.2, 0.25) is 0 Å². The molecule has 140 valence electrons. The van der Waals surface area contributed by atoms with E-state index in [0.29, 0.717) is 18.2 Å². The highest BCUT2D eigenvalue weighted by molar-refractivity contribution is 5.92. The van der Waals surface area contributed by atoms with Gasteiger partial charge in [0.25, 0.3) is 5.91 Å². The van der Waals surface area contributed by atoms with Crippen molar-refractivity contribution in [2.24, 2.45) is 5.92 Å². The van der Waals surface area contributed by atoms with E-state index in [2.05, 4.69) is 29.5 Å². The molecule has 1 heterocycles. The molecule has 0 bridgehead atoms. The minimum absolute atomic E-state index is 0.143. The molecule has 0 aliphatic rings. The molecule has 0 saturated heterocycles. The minimum Gasteiger partial charge on any atom is -0.493 e. The van der Waals surface area contributed by atoms with Crippen molar-refractivity contribution >= 4 is 11.6 Å². The fraction of sp³-hybridized carbons (Fsp3) is 0.400. The van der Waals surface area contributed by atoms with Crippen LogP contribution in [-0.2, 0) is 6.42 Å².